The molecule has 3 aromatic rings. The summed E-state index contributed by atoms with van der Waals surface area (Å²) in [5.74, 6) is -0.954. The van der Waals surface area contributed by atoms with E-state index in [2.05, 4.69) is 20.1 Å². The summed E-state index contributed by atoms with van der Waals surface area (Å²) >= 11 is 0. The Bertz CT molecular complexity index is 1090. The number of rotatable bonds is 9. The lowest BCUT2D eigenvalue weighted by atomic mass is 9.91. The van der Waals surface area contributed by atoms with E-state index in [-0.39, 0.29) is 5.69 Å². The molecule has 0 bridgehead atoms. The van der Waals surface area contributed by atoms with Gasteiger partial charge < -0.3 is 19.9 Å². The molecule has 2 aromatic heterocycles. The van der Waals surface area contributed by atoms with Crippen molar-refractivity contribution in [3.63, 3.8) is 0 Å². The van der Waals surface area contributed by atoms with E-state index in [4.69, 9.17) is 4.74 Å². The number of alkyl halides is 3. The van der Waals surface area contributed by atoms with Gasteiger partial charge in [0, 0.05) is 13.3 Å². The van der Waals surface area contributed by atoms with Gasteiger partial charge in [0.2, 0.25) is 0 Å². The molecule has 0 saturated heterocycles. The van der Waals surface area contributed by atoms with Gasteiger partial charge in [-0.25, -0.2) is 0 Å². The highest BCUT2D eigenvalue weighted by atomic mass is 19.4. The highest BCUT2D eigenvalue weighted by Gasteiger charge is 2.34. The maximum absolute atomic E-state index is 13.4. The summed E-state index contributed by atoms with van der Waals surface area (Å²) in [6.07, 6.45) is -1.71. The van der Waals surface area contributed by atoms with E-state index in [9.17, 15) is 23.1 Å². The molecular weight excluding hydrogens is 453 g/mol. The highest BCUT2D eigenvalue weighted by molar-refractivity contribution is 5.99. The average Bonchev–Trinajstić information content (AvgIpc) is 3.19. The second kappa shape index (κ2) is 10.2. The zero-order valence-corrected chi connectivity index (χ0v) is 18.8. The summed E-state index contributed by atoms with van der Waals surface area (Å²) in [5.41, 5.74) is 0.159. The number of aliphatic hydroxyl groups is 1. The van der Waals surface area contributed by atoms with Crippen molar-refractivity contribution in [2.24, 2.45) is 0 Å². The van der Waals surface area contributed by atoms with E-state index in [1.807, 2.05) is 0 Å². The Hall–Kier alpha value is -3.44. The Kier molecular flexibility index (Phi) is 7.57. The molecule has 11 heteroatoms. The Morgan fingerprint density at radius 2 is 1.88 bits per heavy atom. The molecule has 182 valence electrons. The predicted octanol–water partition coefficient (Wildman–Crippen LogP) is 3.73. The number of halogens is 3. The third-order valence-corrected chi connectivity index (χ3v) is 4.93. The summed E-state index contributed by atoms with van der Waals surface area (Å²) in [5, 5.41) is 17.8. The van der Waals surface area contributed by atoms with Crippen LogP contribution in [-0.2, 0) is 11.3 Å². The molecule has 1 atom stereocenters. The van der Waals surface area contributed by atoms with Gasteiger partial charge in [0.25, 0.3) is 5.91 Å². The first kappa shape index (κ1) is 25.2. The van der Waals surface area contributed by atoms with Crippen molar-refractivity contribution in [3.8, 4) is 17.0 Å². The Balaban J connectivity index is 1.94. The number of hydrogen-bond donors (Lipinski definition) is 2. The van der Waals surface area contributed by atoms with Gasteiger partial charge in [-0.2, -0.15) is 5.10 Å². The summed E-state index contributed by atoms with van der Waals surface area (Å²) in [6, 6.07) is 9.25. The van der Waals surface area contributed by atoms with Gasteiger partial charge in [0.1, 0.15) is 11.4 Å². The molecule has 0 aliphatic heterocycles. The number of methoxy groups -OCH3 is 1. The first-order chi connectivity index (χ1) is 16.0. The van der Waals surface area contributed by atoms with Gasteiger partial charge in [-0.1, -0.05) is 18.2 Å². The van der Waals surface area contributed by atoms with Crippen LogP contribution in [0.3, 0.4) is 0 Å². The van der Waals surface area contributed by atoms with Gasteiger partial charge in [0.05, 0.1) is 42.2 Å². The molecule has 0 spiro atoms. The van der Waals surface area contributed by atoms with E-state index >= 15 is 0 Å². The van der Waals surface area contributed by atoms with E-state index in [0.29, 0.717) is 30.0 Å². The van der Waals surface area contributed by atoms with Crippen molar-refractivity contribution in [1.29, 1.82) is 0 Å². The van der Waals surface area contributed by atoms with Crippen molar-refractivity contribution in [2.45, 2.75) is 38.4 Å². The number of nitrogens with zero attached hydrogens (tertiary/aromatic N) is 3. The topological polar surface area (TPSA) is 98.5 Å². The van der Waals surface area contributed by atoms with Crippen LogP contribution in [0.4, 0.5) is 13.2 Å². The van der Waals surface area contributed by atoms with Crippen LogP contribution in [0.15, 0.2) is 54.9 Å². The molecule has 0 aliphatic carbocycles. The predicted molar refractivity (Wildman–Crippen MR) is 117 cm³/mol. The van der Waals surface area contributed by atoms with Crippen LogP contribution in [0.25, 0.3) is 11.3 Å². The maximum Gasteiger partial charge on any atom is 0.573 e. The maximum atomic E-state index is 13.4. The zero-order valence-electron chi connectivity index (χ0n) is 18.8. The molecular formula is C23H25F3N4O4. The molecule has 0 aliphatic rings. The molecule has 2 N–H and O–H groups in total. The summed E-state index contributed by atoms with van der Waals surface area (Å²) in [7, 11) is 1.53. The number of aromatic nitrogens is 3. The lowest BCUT2D eigenvalue weighted by Gasteiger charge is -2.31. The molecule has 2 heterocycles. The lowest BCUT2D eigenvalue weighted by Crippen LogP contribution is -2.43. The van der Waals surface area contributed by atoms with E-state index in [0.717, 1.165) is 12.1 Å². The van der Waals surface area contributed by atoms with Crippen LogP contribution < -0.4 is 10.1 Å². The third kappa shape index (κ3) is 6.33. The first-order valence-corrected chi connectivity index (χ1v) is 10.3. The van der Waals surface area contributed by atoms with Gasteiger partial charge in [-0.3, -0.25) is 14.5 Å². The lowest BCUT2D eigenvalue weighted by molar-refractivity contribution is -0.274. The van der Waals surface area contributed by atoms with Gasteiger partial charge in [-0.05, 0) is 43.7 Å². The van der Waals surface area contributed by atoms with Crippen LogP contribution >= 0.6 is 0 Å². The number of ether oxygens (including phenoxy) is 2. The fourth-order valence-corrected chi connectivity index (χ4v) is 3.41. The Morgan fingerprint density at radius 3 is 2.44 bits per heavy atom. The average molecular weight is 478 g/mol. The number of carbonyl (C=O) groups is 1. The number of pyridine rings is 1. The summed E-state index contributed by atoms with van der Waals surface area (Å²) in [6.45, 7) is 3.57. The van der Waals surface area contributed by atoms with Crippen molar-refractivity contribution >= 4 is 5.91 Å². The minimum atomic E-state index is -4.83. The van der Waals surface area contributed by atoms with E-state index in [1.54, 1.807) is 24.4 Å². The SMILES string of the molecule is COCCn1ncc(-c2ccccn2)c1C(=O)N[C@@H](c1ccc(OC(F)(F)F)cc1)C(C)(C)O. The van der Waals surface area contributed by atoms with Crippen LogP contribution in [0.1, 0.15) is 35.9 Å². The van der Waals surface area contributed by atoms with Crippen LogP contribution in [-0.4, -0.2) is 51.5 Å². The van der Waals surface area contributed by atoms with Crippen LogP contribution in [0.5, 0.6) is 5.75 Å². The number of nitrogens with one attached hydrogen (secondary N) is 1. The molecule has 0 unspecified atom stereocenters. The monoisotopic (exact) mass is 478 g/mol. The molecule has 1 amide bonds. The van der Waals surface area contributed by atoms with Crippen molar-refractivity contribution in [2.75, 3.05) is 13.7 Å². The molecule has 3 rings (SSSR count). The first-order valence-electron chi connectivity index (χ1n) is 10.3. The van der Waals surface area contributed by atoms with Gasteiger partial charge >= 0.3 is 6.36 Å². The second-order valence-electron chi connectivity index (χ2n) is 8.01. The molecule has 1 aromatic carbocycles. The fourth-order valence-electron chi connectivity index (χ4n) is 3.41. The van der Waals surface area contributed by atoms with Crippen molar-refractivity contribution < 1.29 is 32.5 Å². The largest absolute Gasteiger partial charge is 0.573 e. The van der Waals surface area contributed by atoms with Crippen LogP contribution in [0.2, 0.25) is 0 Å². The number of amides is 1. The van der Waals surface area contributed by atoms with E-state index in [1.165, 1.54) is 44.0 Å². The Labute approximate surface area is 194 Å². The smallest absolute Gasteiger partial charge is 0.406 e. The number of benzene rings is 1. The zero-order chi connectivity index (χ0) is 24.9. The summed E-state index contributed by atoms with van der Waals surface area (Å²) < 4.78 is 47.9. The quantitative estimate of drug-likeness (QED) is 0.486. The molecule has 0 radical (unpaired) electrons. The van der Waals surface area contributed by atoms with Gasteiger partial charge in [-0.15, -0.1) is 13.2 Å². The molecule has 8 nitrogen and oxygen atoms in total. The fraction of sp³-hybridized carbons (Fsp3) is 0.348. The molecule has 34 heavy (non-hydrogen) atoms. The van der Waals surface area contributed by atoms with Gasteiger partial charge in [0.15, 0.2) is 0 Å². The second-order valence-corrected chi connectivity index (χ2v) is 8.01. The normalized spacial score (nSPS) is 12.9. The summed E-state index contributed by atoms with van der Waals surface area (Å²) in [4.78, 5) is 17.7. The Morgan fingerprint density at radius 1 is 1.18 bits per heavy atom. The molecule has 0 fully saturated rings. The highest BCUT2D eigenvalue weighted by Crippen LogP contribution is 2.30. The van der Waals surface area contributed by atoms with Crippen LogP contribution in [0, 0.1) is 0 Å². The standard InChI is InChI=1S/C23H25F3N4O4/c1-22(2,32)20(15-7-9-16(10-8-15)34-23(24,25)26)29-21(31)19-17(18-6-4-5-11-27-18)14-28-30(19)12-13-33-3/h4-11,14,20,32H,12-13H2,1-3H3,(H,29,31)/t20-/m0/s1. The number of hydrogen-bond acceptors (Lipinski definition) is 6. The van der Waals surface area contributed by atoms with Crippen molar-refractivity contribution in [3.05, 3.63) is 66.1 Å². The van der Waals surface area contributed by atoms with E-state index < -0.39 is 29.7 Å². The molecule has 0 saturated carbocycles. The number of carbonyl (C=O) groups excluding carboxylic acids is 1. The minimum Gasteiger partial charge on any atom is -0.406 e. The minimum absolute atomic E-state index is 0.210. The van der Waals surface area contributed by atoms with Crippen molar-refractivity contribution in [1.82, 2.24) is 20.1 Å². The third-order valence-electron chi connectivity index (χ3n) is 4.93.